The molecule has 4 nitrogen and oxygen atoms in total. The molecule has 0 saturated carbocycles. The Morgan fingerprint density at radius 1 is 1.40 bits per heavy atom. The number of aromatic nitrogens is 1. The minimum absolute atomic E-state index is 0.436. The number of hydrogen-bond donors (Lipinski definition) is 1. The fraction of sp³-hybridized carbons (Fsp3) is 0.0667. The van der Waals surface area contributed by atoms with E-state index in [0.29, 0.717) is 22.2 Å². The first kappa shape index (κ1) is 14.1. The number of carbonyl (C=O) groups is 1. The quantitative estimate of drug-likeness (QED) is 0.866. The third-order valence-electron chi connectivity index (χ3n) is 2.51. The van der Waals surface area contributed by atoms with Crippen molar-refractivity contribution in [3.63, 3.8) is 0 Å². The van der Waals surface area contributed by atoms with Gasteiger partial charge in [-0.2, -0.15) is 0 Å². The molecular formula is C15H12ClNO3. The Kier molecular flexibility index (Phi) is 4.38. The number of benzene rings is 1. The van der Waals surface area contributed by atoms with Gasteiger partial charge in [-0.15, -0.1) is 0 Å². The maximum absolute atomic E-state index is 10.5. The van der Waals surface area contributed by atoms with Crippen LogP contribution >= 0.6 is 11.6 Å². The SMILES string of the molecule is Cc1cc(/C=C/C(=O)O)cnc1Oc1ccccc1Cl. The third-order valence-corrected chi connectivity index (χ3v) is 2.83. The molecule has 1 aromatic heterocycles. The number of hydrogen-bond acceptors (Lipinski definition) is 3. The molecule has 0 amide bonds. The first-order chi connectivity index (χ1) is 9.56. The Balaban J connectivity index is 2.22. The lowest BCUT2D eigenvalue weighted by molar-refractivity contribution is -0.131. The molecule has 0 aliphatic carbocycles. The number of aryl methyl sites for hydroxylation is 1. The molecular weight excluding hydrogens is 278 g/mol. The molecule has 0 fully saturated rings. The maximum Gasteiger partial charge on any atom is 0.328 e. The van der Waals surface area contributed by atoms with Crippen LogP contribution < -0.4 is 4.74 Å². The van der Waals surface area contributed by atoms with Gasteiger partial charge in [0, 0.05) is 17.8 Å². The molecule has 1 aromatic carbocycles. The number of pyridine rings is 1. The summed E-state index contributed by atoms with van der Waals surface area (Å²) in [7, 11) is 0. The molecule has 102 valence electrons. The van der Waals surface area contributed by atoms with Crippen LogP contribution in [-0.4, -0.2) is 16.1 Å². The number of nitrogens with zero attached hydrogens (tertiary/aromatic N) is 1. The van der Waals surface area contributed by atoms with Gasteiger partial charge in [-0.1, -0.05) is 23.7 Å². The van der Waals surface area contributed by atoms with E-state index in [1.165, 1.54) is 6.08 Å². The summed E-state index contributed by atoms with van der Waals surface area (Å²) in [5.41, 5.74) is 1.48. The number of aliphatic carboxylic acids is 1. The van der Waals surface area contributed by atoms with Crippen LogP contribution in [0.4, 0.5) is 0 Å². The second-order valence-electron chi connectivity index (χ2n) is 4.09. The average Bonchev–Trinajstić information content (AvgIpc) is 2.41. The topological polar surface area (TPSA) is 59.4 Å². The van der Waals surface area contributed by atoms with Gasteiger partial charge in [-0.25, -0.2) is 9.78 Å². The fourth-order valence-electron chi connectivity index (χ4n) is 1.58. The molecule has 0 atom stereocenters. The summed E-state index contributed by atoms with van der Waals surface area (Å²) in [4.78, 5) is 14.6. The second-order valence-corrected chi connectivity index (χ2v) is 4.50. The normalized spacial score (nSPS) is 10.7. The summed E-state index contributed by atoms with van der Waals surface area (Å²) < 4.78 is 5.64. The van der Waals surface area contributed by atoms with Crippen molar-refractivity contribution in [2.75, 3.05) is 0 Å². The molecule has 2 aromatic rings. The van der Waals surface area contributed by atoms with E-state index < -0.39 is 5.97 Å². The van der Waals surface area contributed by atoms with Crippen LogP contribution in [0.25, 0.3) is 6.08 Å². The molecule has 20 heavy (non-hydrogen) atoms. The molecule has 0 unspecified atom stereocenters. The average molecular weight is 290 g/mol. The number of carboxylic acid groups (broad SMARTS) is 1. The van der Waals surface area contributed by atoms with E-state index in [9.17, 15) is 4.79 Å². The van der Waals surface area contributed by atoms with E-state index in [4.69, 9.17) is 21.4 Å². The molecule has 0 bridgehead atoms. The largest absolute Gasteiger partial charge is 0.478 e. The number of ether oxygens (including phenoxy) is 1. The van der Waals surface area contributed by atoms with Crippen molar-refractivity contribution in [2.24, 2.45) is 0 Å². The molecule has 1 heterocycles. The first-order valence-corrected chi connectivity index (χ1v) is 6.24. The number of para-hydroxylation sites is 1. The molecule has 0 aliphatic heterocycles. The van der Waals surface area contributed by atoms with Gasteiger partial charge in [0.2, 0.25) is 5.88 Å². The fourth-order valence-corrected chi connectivity index (χ4v) is 1.76. The summed E-state index contributed by atoms with van der Waals surface area (Å²) in [6, 6.07) is 8.91. The highest BCUT2D eigenvalue weighted by atomic mass is 35.5. The molecule has 0 aliphatic rings. The second kappa shape index (κ2) is 6.21. The van der Waals surface area contributed by atoms with Crippen LogP contribution in [0.2, 0.25) is 5.02 Å². The zero-order valence-electron chi connectivity index (χ0n) is 10.7. The predicted molar refractivity (Wildman–Crippen MR) is 77.2 cm³/mol. The Labute approximate surface area is 121 Å². The van der Waals surface area contributed by atoms with Gasteiger partial charge in [0.25, 0.3) is 0 Å². The van der Waals surface area contributed by atoms with Crippen LogP contribution in [0.5, 0.6) is 11.6 Å². The lowest BCUT2D eigenvalue weighted by Gasteiger charge is -2.09. The summed E-state index contributed by atoms with van der Waals surface area (Å²) in [6.45, 7) is 1.83. The van der Waals surface area contributed by atoms with Crippen molar-refractivity contribution in [2.45, 2.75) is 6.92 Å². The van der Waals surface area contributed by atoms with E-state index in [-0.39, 0.29) is 0 Å². The third kappa shape index (κ3) is 3.59. The van der Waals surface area contributed by atoms with E-state index in [1.54, 1.807) is 24.4 Å². The van der Waals surface area contributed by atoms with Crippen LogP contribution in [0.1, 0.15) is 11.1 Å². The first-order valence-electron chi connectivity index (χ1n) is 5.86. The van der Waals surface area contributed by atoms with Crippen molar-refractivity contribution in [3.05, 3.63) is 58.8 Å². The van der Waals surface area contributed by atoms with E-state index in [1.807, 2.05) is 19.1 Å². The van der Waals surface area contributed by atoms with E-state index >= 15 is 0 Å². The van der Waals surface area contributed by atoms with Crippen LogP contribution in [0, 0.1) is 6.92 Å². The lowest BCUT2D eigenvalue weighted by Crippen LogP contribution is -1.93. The van der Waals surface area contributed by atoms with Gasteiger partial charge in [-0.3, -0.25) is 0 Å². The van der Waals surface area contributed by atoms with Crippen LogP contribution in [0.15, 0.2) is 42.6 Å². The Morgan fingerprint density at radius 3 is 2.80 bits per heavy atom. The van der Waals surface area contributed by atoms with E-state index in [0.717, 1.165) is 11.6 Å². The number of carboxylic acids is 1. The summed E-state index contributed by atoms with van der Waals surface area (Å²) in [5.74, 6) is -0.0387. The van der Waals surface area contributed by atoms with Gasteiger partial charge in [0.05, 0.1) is 5.02 Å². The lowest BCUT2D eigenvalue weighted by atomic mass is 10.2. The predicted octanol–water partition coefficient (Wildman–Crippen LogP) is 3.93. The van der Waals surface area contributed by atoms with Gasteiger partial charge in [0.15, 0.2) is 0 Å². The van der Waals surface area contributed by atoms with Gasteiger partial charge < -0.3 is 9.84 Å². The Bertz CT molecular complexity index is 668. The van der Waals surface area contributed by atoms with Gasteiger partial charge in [0.1, 0.15) is 5.75 Å². The monoisotopic (exact) mass is 289 g/mol. The van der Waals surface area contributed by atoms with Gasteiger partial charge >= 0.3 is 5.97 Å². The van der Waals surface area contributed by atoms with Gasteiger partial charge in [-0.05, 0) is 36.8 Å². The maximum atomic E-state index is 10.5. The summed E-state index contributed by atoms with van der Waals surface area (Å²) in [5, 5.41) is 9.08. The van der Waals surface area contributed by atoms with Crippen LogP contribution in [0.3, 0.4) is 0 Å². The highest BCUT2D eigenvalue weighted by Crippen LogP contribution is 2.29. The van der Waals surface area contributed by atoms with E-state index in [2.05, 4.69) is 4.98 Å². The number of halogens is 1. The molecule has 0 radical (unpaired) electrons. The minimum atomic E-state index is -1.00. The summed E-state index contributed by atoms with van der Waals surface area (Å²) in [6.07, 6.45) is 4.07. The van der Waals surface area contributed by atoms with Crippen molar-refractivity contribution in [3.8, 4) is 11.6 Å². The minimum Gasteiger partial charge on any atom is -0.478 e. The number of rotatable bonds is 4. The highest BCUT2D eigenvalue weighted by molar-refractivity contribution is 6.32. The van der Waals surface area contributed by atoms with Crippen molar-refractivity contribution in [1.82, 2.24) is 4.98 Å². The Hall–Kier alpha value is -2.33. The Morgan fingerprint density at radius 2 is 2.15 bits per heavy atom. The molecule has 5 heteroatoms. The van der Waals surface area contributed by atoms with Crippen molar-refractivity contribution < 1.29 is 14.6 Å². The zero-order chi connectivity index (χ0) is 14.5. The molecule has 0 saturated heterocycles. The van der Waals surface area contributed by atoms with Crippen molar-refractivity contribution >= 4 is 23.6 Å². The molecule has 0 spiro atoms. The summed E-state index contributed by atoms with van der Waals surface area (Å²) >= 11 is 6.01. The smallest absolute Gasteiger partial charge is 0.328 e. The molecule has 2 rings (SSSR count). The highest BCUT2D eigenvalue weighted by Gasteiger charge is 2.06. The van der Waals surface area contributed by atoms with Crippen LogP contribution in [-0.2, 0) is 4.79 Å². The molecule has 1 N–H and O–H groups in total. The van der Waals surface area contributed by atoms with Crippen molar-refractivity contribution in [1.29, 1.82) is 0 Å². The standard InChI is InChI=1S/C15H12ClNO3/c1-10-8-11(6-7-14(18)19)9-17-15(10)20-13-5-3-2-4-12(13)16/h2-9H,1H3,(H,18,19)/b7-6+. The zero-order valence-corrected chi connectivity index (χ0v) is 11.5.